The molecule has 0 saturated heterocycles. The van der Waals surface area contributed by atoms with Crippen molar-refractivity contribution in [1.29, 1.82) is 0 Å². The summed E-state index contributed by atoms with van der Waals surface area (Å²) >= 11 is 0. The van der Waals surface area contributed by atoms with Gasteiger partial charge in [-0.3, -0.25) is 0 Å². The van der Waals surface area contributed by atoms with E-state index in [1.54, 1.807) is 0 Å². The smallest absolute Gasteiger partial charge is 0.165 e. The molecule has 3 heteroatoms. The Hall–Kier alpha value is -1.22. The summed E-state index contributed by atoms with van der Waals surface area (Å²) < 4.78 is 11.4. The van der Waals surface area contributed by atoms with Gasteiger partial charge in [0.15, 0.2) is 11.5 Å². The van der Waals surface area contributed by atoms with Crippen molar-refractivity contribution >= 4 is 0 Å². The molecule has 1 N–H and O–H groups in total. The van der Waals surface area contributed by atoms with E-state index in [0.29, 0.717) is 19.3 Å². The molecular weight excluding hydrogens is 250 g/mol. The molecule has 1 aliphatic heterocycles. The van der Waals surface area contributed by atoms with Gasteiger partial charge in [-0.05, 0) is 37.2 Å². The van der Waals surface area contributed by atoms with Crippen LogP contribution in [-0.4, -0.2) is 19.3 Å². The maximum absolute atomic E-state index is 5.77. The molecule has 0 amide bonds. The molecule has 1 aromatic rings. The first kappa shape index (κ1) is 13.7. The Morgan fingerprint density at radius 2 is 1.80 bits per heavy atom. The Kier molecular flexibility index (Phi) is 4.16. The zero-order chi connectivity index (χ0) is 13.9. The minimum atomic E-state index is 0.633. The quantitative estimate of drug-likeness (QED) is 0.917. The lowest BCUT2D eigenvalue weighted by Gasteiger charge is -2.32. The molecule has 3 rings (SSSR count). The third kappa shape index (κ3) is 3.09. The Balaban J connectivity index is 1.63. The van der Waals surface area contributed by atoms with E-state index < -0.39 is 0 Å². The number of hydrogen-bond acceptors (Lipinski definition) is 3. The summed E-state index contributed by atoms with van der Waals surface area (Å²) in [5, 5.41) is 3.71. The van der Waals surface area contributed by atoms with Gasteiger partial charge >= 0.3 is 0 Å². The normalized spacial score (nSPS) is 29.2. The molecule has 20 heavy (non-hydrogen) atoms. The van der Waals surface area contributed by atoms with E-state index in [-0.39, 0.29) is 0 Å². The molecule has 2 unspecified atom stereocenters. The van der Waals surface area contributed by atoms with Gasteiger partial charge in [0.2, 0.25) is 0 Å². The molecule has 110 valence electrons. The molecule has 2 atom stereocenters. The van der Waals surface area contributed by atoms with Crippen LogP contribution >= 0.6 is 0 Å². The molecule has 2 aliphatic rings. The highest BCUT2D eigenvalue weighted by atomic mass is 16.6. The highest BCUT2D eigenvalue weighted by molar-refractivity contribution is 5.47. The maximum Gasteiger partial charge on any atom is 0.165 e. The predicted molar refractivity (Wildman–Crippen MR) is 80.2 cm³/mol. The van der Waals surface area contributed by atoms with Crippen LogP contribution < -0.4 is 14.8 Å². The van der Waals surface area contributed by atoms with Crippen molar-refractivity contribution in [2.45, 2.75) is 45.7 Å². The molecule has 1 aliphatic carbocycles. The van der Waals surface area contributed by atoms with E-state index in [0.717, 1.165) is 29.9 Å². The van der Waals surface area contributed by atoms with Crippen LogP contribution in [-0.2, 0) is 6.54 Å². The molecule has 3 nitrogen and oxygen atoms in total. The van der Waals surface area contributed by atoms with Crippen molar-refractivity contribution in [1.82, 2.24) is 5.32 Å². The highest BCUT2D eigenvalue weighted by Crippen LogP contribution is 2.34. The second kappa shape index (κ2) is 6.04. The fourth-order valence-electron chi connectivity index (χ4n) is 3.64. The van der Waals surface area contributed by atoms with Gasteiger partial charge in [-0.15, -0.1) is 0 Å². The SMILES string of the molecule is CC1CC(C)CC(NCc2cccc3c2OCCO3)C1. The molecule has 0 bridgehead atoms. The average molecular weight is 275 g/mol. The van der Waals surface area contributed by atoms with Crippen LogP contribution in [0.3, 0.4) is 0 Å². The molecular formula is C17H25NO2. The number of rotatable bonds is 3. The van der Waals surface area contributed by atoms with Crippen LogP contribution in [0.5, 0.6) is 11.5 Å². The molecule has 1 aromatic carbocycles. The lowest BCUT2D eigenvalue weighted by Crippen LogP contribution is -2.36. The minimum absolute atomic E-state index is 0.633. The number of benzene rings is 1. The number of hydrogen-bond donors (Lipinski definition) is 1. The molecule has 0 aromatic heterocycles. The van der Waals surface area contributed by atoms with Gasteiger partial charge in [0.1, 0.15) is 13.2 Å². The van der Waals surface area contributed by atoms with E-state index in [9.17, 15) is 0 Å². The predicted octanol–water partition coefficient (Wildman–Crippen LogP) is 3.37. The van der Waals surface area contributed by atoms with E-state index in [2.05, 4.69) is 31.3 Å². The molecule has 0 radical (unpaired) electrons. The van der Waals surface area contributed by atoms with Crippen LogP contribution in [0.2, 0.25) is 0 Å². The second-order valence-corrected chi connectivity index (χ2v) is 6.44. The largest absolute Gasteiger partial charge is 0.486 e. The Bertz CT molecular complexity index is 450. The zero-order valence-electron chi connectivity index (χ0n) is 12.5. The Morgan fingerprint density at radius 3 is 2.60 bits per heavy atom. The summed E-state index contributed by atoms with van der Waals surface area (Å²) in [7, 11) is 0. The van der Waals surface area contributed by atoms with Crippen LogP contribution in [0.15, 0.2) is 18.2 Å². The van der Waals surface area contributed by atoms with Crippen LogP contribution in [0.25, 0.3) is 0 Å². The third-order valence-corrected chi connectivity index (χ3v) is 4.41. The first-order chi connectivity index (χ1) is 9.72. The van der Waals surface area contributed by atoms with Gasteiger partial charge in [-0.25, -0.2) is 0 Å². The summed E-state index contributed by atoms with van der Waals surface area (Å²) in [5.41, 5.74) is 1.22. The highest BCUT2D eigenvalue weighted by Gasteiger charge is 2.24. The van der Waals surface area contributed by atoms with E-state index in [4.69, 9.17) is 9.47 Å². The van der Waals surface area contributed by atoms with Crippen molar-refractivity contribution in [2.24, 2.45) is 11.8 Å². The number of fused-ring (bicyclic) bond motifs is 1. The lowest BCUT2D eigenvalue weighted by molar-refractivity contribution is 0.169. The number of para-hydroxylation sites is 1. The second-order valence-electron chi connectivity index (χ2n) is 6.44. The van der Waals surface area contributed by atoms with Crippen LogP contribution in [0.1, 0.15) is 38.7 Å². The zero-order valence-corrected chi connectivity index (χ0v) is 12.5. The summed E-state index contributed by atoms with van der Waals surface area (Å²) in [5.74, 6) is 3.49. The van der Waals surface area contributed by atoms with Gasteiger partial charge in [-0.1, -0.05) is 26.0 Å². The fraction of sp³-hybridized carbons (Fsp3) is 0.647. The first-order valence-corrected chi connectivity index (χ1v) is 7.83. The molecule has 1 fully saturated rings. The van der Waals surface area contributed by atoms with Crippen molar-refractivity contribution in [2.75, 3.05) is 13.2 Å². The third-order valence-electron chi connectivity index (χ3n) is 4.41. The number of ether oxygens (including phenoxy) is 2. The van der Waals surface area contributed by atoms with Gasteiger partial charge < -0.3 is 14.8 Å². The van der Waals surface area contributed by atoms with E-state index in [1.165, 1.54) is 24.8 Å². The fourth-order valence-corrected chi connectivity index (χ4v) is 3.64. The summed E-state index contributed by atoms with van der Waals surface area (Å²) in [6.45, 7) is 6.91. The van der Waals surface area contributed by atoms with Gasteiger partial charge in [0.25, 0.3) is 0 Å². The van der Waals surface area contributed by atoms with Crippen molar-refractivity contribution in [3.63, 3.8) is 0 Å². The summed E-state index contributed by atoms with van der Waals surface area (Å²) in [6, 6.07) is 6.81. The number of nitrogens with one attached hydrogen (secondary N) is 1. The monoisotopic (exact) mass is 275 g/mol. The lowest BCUT2D eigenvalue weighted by atomic mass is 9.80. The minimum Gasteiger partial charge on any atom is -0.486 e. The maximum atomic E-state index is 5.77. The average Bonchev–Trinajstić information content (AvgIpc) is 2.44. The molecule has 0 spiro atoms. The summed E-state index contributed by atoms with van der Waals surface area (Å²) in [6.07, 6.45) is 3.95. The summed E-state index contributed by atoms with van der Waals surface area (Å²) in [4.78, 5) is 0. The first-order valence-electron chi connectivity index (χ1n) is 7.83. The van der Waals surface area contributed by atoms with Gasteiger partial charge in [0.05, 0.1) is 0 Å². The molecule has 1 saturated carbocycles. The standard InChI is InChI=1S/C17H25NO2/c1-12-8-13(2)10-15(9-12)18-11-14-4-3-5-16-17(14)20-7-6-19-16/h3-5,12-13,15,18H,6-11H2,1-2H3. The Labute approximate surface area is 121 Å². The van der Waals surface area contributed by atoms with Crippen molar-refractivity contribution < 1.29 is 9.47 Å². The van der Waals surface area contributed by atoms with Crippen molar-refractivity contribution in [3.05, 3.63) is 23.8 Å². The molecule has 1 heterocycles. The van der Waals surface area contributed by atoms with Crippen LogP contribution in [0, 0.1) is 11.8 Å². The van der Waals surface area contributed by atoms with E-state index in [1.807, 2.05) is 6.07 Å². The van der Waals surface area contributed by atoms with Gasteiger partial charge in [-0.2, -0.15) is 0 Å². The topological polar surface area (TPSA) is 30.5 Å². The van der Waals surface area contributed by atoms with Gasteiger partial charge in [0, 0.05) is 18.2 Å². The van der Waals surface area contributed by atoms with E-state index >= 15 is 0 Å². The Morgan fingerprint density at radius 1 is 1.05 bits per heavy atom. The van der Waals surface area contributed by atoms with Crippen LogP contribution in [0.4, 0.5) is 0 Å². The van der Waals surface area contributed by atoms with Crippen molar-refractivity contribution in [3.8, 4) is 11.5 Å².